The highest BCUT2D eigenvalue weighted by Gasteiger charge is 2.80. The SMILES string of the molecule is CC1C[C@@]23CC4C(C)(C)[C@@]5(C[C@]4(CN2C1=O)N(C)C3=O)C(=O)Nc1c5ccc2c1C(=O)CC(C)(C)O2. The molecule has 3 amide bonds. The van der Waals surface area contributed by atoms with E-state index in [1.54, 1.807) is 0 Å². The third kappa shape index (κ3) is 2.09. The van der Waals surface area contributed by atoms with Gasteiger partial charge in [0.25, 0.3) is 0 Å². The molecule has 6 aliphatic heterocycles. The Morgan fingerprint density at radius 3 is 2.50 bits per heavy atom. The number of Topliss-reactive ketones (excluding diaryl/α,β-unsaturated/α-hetero) is 1. The van der Waals surface area contributed by atoms with Crippen LogP contribution < -0.4 is 10.1 Å². The van der Waals surface area contributed by atoms with Crippen molar-refractivity contribution < 1.29 is 23.9 Å². The van der Waals surface area contributed by atoms with Crippen LogP contribution in [0.2, 0.25) is 0 Å². The highest BCUT2D eigenvalue weighted by atomic mass is 16.5. The van der Waals surface area contributed by atoms with E-state index in [1.807, 2.05) is 49.8 Å². The summed E-state index contributed by atoms with van der Waals surface area (Å²) in [5, 5.41) is 3.10. The summed E-state index contributed by atoms with van der Waals surface area (Å²) in [4.78, 5) is 58.1. The molecule has 0 radical (unpaired) electrons. The fraction of sp³-hybridized carbons (Fsp3) is 0.643. The van der Waals surface area contributed by atoms with E-state index in [9.17, 15) is 19.2 Å². The second-order valence-corrected chi connectivity index (χ2v) is 13.4. The summed E-state index contributed by atoms with van der Waals surface area (Å²) in [7, 11) is 1.86. The molecule has 1 aromatic carbocycles. The number of carbonyl (C=O) groups excluding carboxylic acids is 4. The third-order valence-corrected chi connectivity index (χ3v) is 10.9. The molecule has 1 aromatic rings. The molecule has 8 heteroatoms. The number of amides is 3. The van der Waals surface area contributed by atoms with Gasteiger partial charge in [0, 0.05) is 19.5 Å². The predicted molar refractivity (Wildman–Crippen MR) is 131 cm³/mol. The lowest BCUT2D eigenvalue weighted by Crippen LogP contribution is -2.79. The Labute approximate surface area is 210 Å². The van der Waals surface area contributed by atoms with Crippen molar-refractivity contribution in [1.29, 1.82) is 0 Å². The molecule has 5 fully saturated rings. The summed E-state index contributed by atoms with van der Waals surface area (Å²) in [6, 6.07) is 3.77. The fourth-order valence-electron chi connectivity index (χ4n) is 9.27. The second kappa shape index (κ2) is 5.97. The van der Waals surface area contributed by atoms with Crippen LogP contribution in [0.1, 0.15) is 76.2 Å². The quantitative estimate of drug-likeness (QED) is 0.602. The number of hydrogen-bond donors (Lipinski definition) is 1. The summed E-state index contributed by atoms with van der Waals surface area (Å²) in [6.07, 6.45) is 1.77. The van der Waals surface area contributed by atoms with Crippen molar-refractivity contribution in [1.82, 2.24) is 9.80 Å². The van der Waals surface area contributed by atoms with E-state index in [1.165, 1.54) is 0 Å². The highest BCUT2D eigenvalue weighted by Crippen LogP contribution is 2.72. The number of nitrogens with zero attached hydrogens (tertiary/aromatic N) is 2. The molecule has 0 aromatic heterocycles. The maximum atomic E-state index is 14.1. The molecule has 7 aliphatic rings. The highest BCUT2D eigenvalue weighted by molar-refractivity contribution is 6.16. The molecular formula is C28H33N3O5. The van der Waals surface area contributed by atoms with Crippen molar-refractivity contribution in [3.8, 4) is 5.75 Å². The van der Waals surface area contributed by atoms with Gasteiger partial charge >= 0.3 is 0 Å². The van der Waals surface area contributed by atoms with Crippen LogP contribution in [0.4, 0.5) is 5.69 Å². The summed E-state index contributed by atoms with van der Waals surface area (Å²) in [6.45, 7) is 10.4. The van der Waals surface area contributed by atoms with Crippen molar-refractivity contribution in [2.75, 3.05) is 18.9 Å². The molecule has 5 atom stereocenters. The van der Waals surface area contributed by atoms with Crippen LogP contribution in [0.25, 0.3) is 0 Å². The summed E-state index contributed by atoms with van der Waals surface area (Å²) >= 11 is 0. The number of fused-ring (bicyclic) bond motifs is 5. The number of benzene rings is 1. The Kier molecular flexibility index (Phi) is 3.70. The molecule has 1 N–H and O–H groups in total. The van der Waals surface area contributed by atoms with E-state index >= 15 is 0 Å². The number of rotatable bonds is 0. The Morgan fingerprint density at radius 2 is 1.78 bits per heavy atom. The van der Waals surface area contributed by atoms with Crippen molar-refractivity contribution in [3.05, 3.63) is 23.3 Å². The van der Waals surface area contributed by atoms with E-state index in [0.717, 1.165) is 5.56 Å². The molecule has 3 spiro atoms. The average molecular weight is 492 g/mol. The first-order chi connectivity index (χ1) is 16.7. The molecular weight excluding hydrogens is 458 g/mol. The predicted octanol–water partition coefficient (Wildman–Crippen LogP) is 2.89. The van der Waals surface area contributed by atoms with Crippen LogP contribution in [0.3, 0.4) is 0 Å². The number of carbonyl (C=O) groups is 4. The molecule has 4 saturated heterocycles. The minimum Gasteiger partial charge on any atom is -0.487 e. The Hall–Kier alpha value is -2.90. The first kappa shape index (κ1) is 22.3. The molecule has 36 heavy (non-hydrogen) atoms. The minimum atomic E-state index is -0.927. The Bertz CT molecular complexity index is 1330. The molecule has 8 nitrogen and oxygen atoms in total. The zero-order chi connectivity index (χ0) is 25.8. The van der Waals surface area contributed by atoms with Gasteiger partial charge in [0.1, 0.15) is 16.9 Å². The van der Waals surface area contributed by atoms with E-state index in [4.69, 9.17) is 4.74 Å². The molecule has 8 rings (SSSR count). The Balaban J connectivity index is 1.42. The first-order valence-electron chi connectivity index (χ1n) is 13.0. The molecule has 2 unspecified atom stereocenters. The fourth-order valence-corrected chi connectivity index (χ4v) is 9.27. The number of ketones is 1. The van der Waals surface area contributed by atoms with E-state index in [-0.39, 0.29) is 41.8 Å². The summed E-state index contributed by atoms with van der Waals surface area (Å²) < 4.78 is 6.13. The number of ether oxygens (including phenoxy) is 1. The molecule has 190 valence electrons. The lowest BCUT2D eigenvalue weighted by molar-refractivity contribution is -0.188. The molecule has 1 aliphatic carbocycles. The van der Waals surface area contributed by atoms with Crippen LogP contribution in [0.5, 0.6) is 5.75 Å². The maximum Gasteiger partial charge on any atom is 0.248 e. The van der Waals surface area contributed by atoms with Gasteiger partial charge in [-0.2, -0.15) is 0 Å². The second-order valence-electron chi connectivity index (χ2n) is 13.4. The summed E-state index contributed by atoms with van der Waals surface area (Å²) in [5.74, 6) is 0.250. The number of hydrogen-bond acceptors (Lipinski definition) is 5. The number of piperazine rings is 1. The van der Waals surface area contributed by atoms with Gasteiger partial charge in [-0.05, 0) is 56.1 Å². The lowest BCUT2D eigenvalue weighted by Gasteiger charge is -2.63. The molecule has 6 heterocycles. The third-order valence-electron chi connectivity index (χ3n) is 10.9. The van der Waals surface area contributed by atoms with Gasteiger partial charge < -0.3 is 19.9 Å². The standard InChI is InChI=1S/C28H33N3O5/c1-14-9-26-11-18-25(4,5)28(12-27(18,30(6)23(26)35)13-31(26)21(14)33)15-7-8-17-19(20(15)29-22(28)34)16(32)10-24(2,3)36-17/h7-8,14,18H,9-13H2,1-6H3,(H,29,34)/t14?,18?,26-,27+,28+/m0/s1. The Morgan fingerprint density at radius 1 is 1.06 bits per heavy atom. The van der Waals surface area contributed by atoms with Crippen molar-refractivity contribution in [2.45, 2.75) is 82.4 Å². The van der Waals surface area contributed by atoms with Crippen molar-refractivity contribution in [3.63, 3.8) is 0 Å². The van der Waals surface area contributed by atoms with Gasteiger partial charge in [-0.1, -0.05) is 26.8 Å². The molecule has 2 bridgehead atoms. The summed E-state index contributed by atoms with van der Waals surface area (Å²) in [5.41, 5.74) is -1.66. The van der Waals surface area contributed by atoms with E-state index in [2.05, 4.69) is 19.2 Å². The normalized spacial score (nSPS) is 40.7. The number of nitrogens with one attached hydrogen (secondary N) is 1. The van der Waals surface area contributed by atoms with Crippen molar-refractivity contribution >= 4 is 29.2 Å². The number of likely N-dealkylation sites (N-methyl/N-ethyl adjacent to an activating group) is 1. The van der Waals surface area contributed by atoms with E-state index in [0.29, 0.717) is 42.8 Å². The maximum absolute atomic E-state index is 14.1. The van der Waals surface area contributed by atoms with Gasteiger partial charge in [-0.3, -0.25) is 19.2 Å². The monoisotopic (exact) mass is 491 g/mol. The number of anilines is 1. The zero-order valence-electron chi connectivity index (χ0n) is 21.8. The van der Waals surface area contributed by atoms with Gasteiger partial charge in [0.2, 0.25) is 17.7 Å². The zero-order valence-corrected chi connectivity index (χ0v) is 21.8. The smallest absolute Gasteiger partial charge is 0.248 e. The van der Waals surface area contributed by atoms with Crippen LogP contribution >= 0.6 is 0 Å². The van der Waals surface area contributed by atoms with Crippen molar-refractivity contribution in [2.24, 2.45) is 17.3 Å². The molecule has 1 saturated carbocycles. The van der Waals surface area contributed by atoms with Crippen LogP contribution in [0, 0.1) is 17.3 Å². The first-order valence-corrected chi connectivity index (χ1v) is 13.0. The number of piperidine rings is 2. The van der Waals surface area contributed by atoms with Gasteiger partial charge in [-0.15, -0.1) is 0 Å². The minimum absolute atomic E-state index is 0.00503. The van der Waals surface area contributed by atoms with Gasteiger partial charge in [0.15, 0.2) is 5.78 Å². The lowest BCUT2D eigenvalue weighted by atomic mass is 9.57. The largest absolute Gasteiger partial charge is 0.487 e. The van der Waals surface area contributed by atoms with Crippen LogP contribution in [-0.4, -0.2) is 63.6 Å². The average Bonchev–Trinajstić information content (AvgIpc) is 3.29. The van der Waals surface area contributed by atoms with Crippen LogP contribution in [-0.2, 0) is 19.8 Å². The van der Waals surface area contributed by atoms with Crippen LogP contribution in [0.15, 0.2) is 12.1 Å². The van der Waals surface area contributed by atoms with Gasteiger partial charge in [0.05, 0.1) is 28.6 Å². The van der Waals surface area contributed by atoms with Gasteiger partial charge in [-0.25, -0.2) is 0 Å². The van der Waals surface area contributed by atoms with E-state index < -0.39 is 27.5 Å². The topological polar surface area (TPSA) is 96.0 Å².